The van der Waals surface area contributed by atoms with Crippen molar-refractivity contribution < 1.29 is 13.9 Å². The van der Waals surface area contributed by atoms with Crippen LogP contribution in [-0.4, -0.2) is 33.9 Å². The molecule has 150 valence electrons. The van der Waals surface area contributed by atoms with Gasteiger partial charge in [0, 0.05) is 24.2 Å². The number of pyridine rings is 1. The molecule has 0 unspecified atom stereocenters. The highest BCUT2D eigenvalue weighted by Gasteiger charge is 2.31. The first-order chi connectivity index (χ1) is 14.2. The van der Waals surface area contributed by atoms with Gasteiger partial charge in [0.15, 0.2) is 6.61 Å². The number of rotatable bonds is 6. The molecular formula is C22H22ClN3O3. The fourth-order valence-electron chi connectivity index (χ4n) is 3.54. The minimum Gasteiger partial charge on any atom is -0.482 e. The lowest BCUT2D eigenvalue weighted by Gasteiger charge is -2.33. The van der Waals surface area contributed by atoms with Crippen molar-refractivity contribution in [1.29, 1.82) is 0 Å². The van der Waals surface area contributed by atoms with Gasteiger partial charge in [0.05, 0.1) is 12.4 Å². The number of hydrogen-bond acceptors (Lipinski definition) is 5. The molecule has 1 aliphatic heterocycles. The molecule has 0 saturated carbocycles. The lowest BCUT2D eigenvalue weighted by atomic mass is 10.0. The van der Waals surface area contributed by atoms with Crippen molar-refractivity contribution in [1.82, 2.24) is 14.9 Å². The van der Waals surface area contributed by atoms with E-state index in [1.54, 1.807) is 30.7 Å². The molecular weight excluding hydrogens is 390 g/mol. The Balaban J connectivity index is 1.44. The smallest absolute Gasteiger partial charge is 0.261 e. The monoisotopic (exact) mass is 411 g/mol. The third kappa shape index (κ3) is 4.77. The van der Waals surface area contributed by atoms with E-state index in [9.17, 15) is 4.79 Å². The van der Waals surface area contributed by atoms with E-state index in [2.05, 4.69) is 9.97 Å². The lowest BCUT2D eigenvalue weighted by Crippen LogP contribution is -2.41. The maximum Gasteiger partial charge on any atom is 0.261 e. The van der Waals surface area contributed by atoms with Gasteiger partial charge in [-0.3, -0.25) is 9.78 Å². The third-order valence-corrected chi connectivity index (χ3v) is 5.37. The Labute approximate surface area is 174 Å². The molecule has 7 heteroatoms. The van der Waals surface area contributed by atoms with Crippen LogP contribution in [0.2, 0.25) is 5.02 Å². The summed E-state index contributed by atoms with van der Waals surface area (Å²) >= 11 is 6.25. The quantitative estimate of drug-likeness (QED) is 0.599. The number of nitrogens with zero attached hydrogens (tertiary/aromatic N) is 3. The summed E-state index contributed by atoms with van der Waals surface area (Å²) in [6.45, 7) is 0.636. The van der Waals surface area contributed by atoms with Crippen LogP contribution in [0.25, 0.3) is 0 Å². The predicted octanol–water partition coefficient (Wildman–Crippen LogP) is 4.45. The number of amides is 1. The number of benzene rings is 1. The maximum atomic E-state index is 12.8. The first-order valence-corrected chi connectivity index (χ1v) is 10.1. The van der Waals surface area contributed by atoms with Crippen LogP contribution in [0.5, 0.6) is 5.75 Å². The Morgan fingerprint density at radius 1 is 1.21 bits per heavy atom. The fraction of sp³-hybridized carbons (Fsp3) is 0.318. The van der Waals surface area contributed by atoms with Gasteiger partial charge >= 0.3 is 0 Å². The first-order valence-electron chi connectivity index (χ1n) is 9.71. The Kier molecular flexibility index (Phi) is 6.10. The second-order valence-corrected chi connectivity index (χ2v) is 7.42. The van der Waals surface area contributed by atoms with Gasteiger partial charge in [0.1, 0.15) is 17.6 Å². The number of halogens is 1. The van der Waals surface area contributed by atoms with Crippen LogP contribution in [-0.2, 0) is 11.2 Å². The Morgan fingerprint density at radius 2 is 2.10 bits per heavy atom. The molecule has 0 bridgehead atoms. The Bertz CT molecular complexity index is 961. The zero-order valence-corrected chi connectivity index (χ0v) is 16.7. The van der Waals surface area contributed by atoms with E-state index in [1.165, 1.54) is 0 Å². The third-order valence-electron chi connectivity index (χ3n) is 5.00. The highest BCUT2D eigenvalue weighted by Crippen LogP contribution is 2.31. The van der Waals surface area contributed by atoms with Gasteiger partial charge in [-0.2, -0.15) is 0 Å². The van der Waals surface area contributed by atoms with Crippen molar-refractivity contribution >= 4 is 17.5 Å². The molecule has 0 spiro atoms. The molecule has 4 rings (SSSR count). The highest BCUT2D eigenvalue weighted by atomic mass is 35.5. The number of ether oxygens (including phenoxy) is 1. The standard InChI is InChI=1S/C22H22ClN3O3/c23-19-8-2-1-6-16(19)12-18-14-25-22(29-18)20-9-3-4-11-26(20)21(27)15-28-17-7-5-10-24-13-17/h1-2,5-8,10,13-14,20H,3-4,9,11-12,15H2/t20-/m1/s1. The number of piperidine rings is 1. The number of hydrogen-bond donors (Lipinski definition) is 0. The van der Waals surface area contributed by atoms with E-state index in [0.29, 0.717) is 29.6 Å². The van der Waals surface area contributed by atoms with Crippen LogP contribution in [0.3, 0.4) is 0 Å². The summed E-state index contributed by atoms with van der Waals surface area (Å²) < 4.78 is 11.6. The minimum absolute atomic E-state index is 0.0324. The van der Waals surface area contributed by atoms with Crippen LogP contribution >= 0.6 is 11.6 Å². The number of aromatic nitrogens is 2. The summed E-state index contributed by atoms with van der Waals surface area (Å²) in [6, 6.07) is 11.1. The molecule has 1 aromatic carbocycles. The highest BCUT2D eigenvalue weighted by molar-refractivity contribution is 6.31. The Hall–Kier alpha value is -2.86. The number of carbonyl (C=O) groups excluding carboxylic acids is 1. The average molecular weight is 412 g/mol. The SMILES string of the molecule is O=C(COc1cccnc1)N1CCCC[C@@H]1c1ncc(Cc2ccccc2Cl)o1. The number of oxazole rings is 1. The van der Waals surface area contributed by atoms with E-state index in [0.717, 1.165) is 30.6 Å². The van der Waals surface area contributed by atoms with E-state index < -0.39 is 0 Å². The molecule has 3 heterocycles. The van der Waals surface area contributed by atoms with Crippen molar-refractivity contribution in [2.24, 2.45) is 0 Å². The van der Waals surface area contributed by atoms with E-state index in [4.69, 9.17) is 20.8 Å². The summed E-state index contributed by atoms with van der Waals surface area (Å²) in [6.07, 6.45) is 8.36. The minimum atomic E-state index is -0.172. The molecule has 2 aromatic heterocycles. The molecule has 29 heavy (non-hydrogen) atoms. The molecule has 0 N–H and O–H groups in total. The second kappa shape index (κ2) is 9.09. The predicted molar refractivity (Wildman–Crippen MR) is 109 cm³/mol. The number of likely N-dealkylation sites (tertiary alicyclic amines) is 1. The maximum absolute atomic E-state index is 12.8. The molecule has 1 atom stereocenters. The zero-order chi connectivity index (χ0) is 20.1. The van der Waals surface area contributed by atoms with E-state index in [1.807, 2.05) is 29.2 Å². The van der Waals surface area contributed by atoms with Crippen LogP contribution in [0, 0.1) is 0 Å². The summed E-state index contributed by atoms with van der Waals surface area (Å²) in [4.78, 5) is 23.1. The van der Waals surface area contributed by atoms with E-state index >= 15 is 0 Å². The topological polar surface area (TPSA) is 68.5 Å². The summed E-state index contributed by atoms with van der Waals surface area (Å²) in [5.74, 6) is 1.80. The first kappa shape index (κ1) is 19.5. The van der Waals surface area contributed by atoms with Gasteiger partial charge < -0.3 is 14.1 Å². The van der Waals surface area contributed by atoms with Crippen LogP contribution in [0.15, 0.2) is 59.4 Å². The Morgan fingerprint density at radius 3 is 2.93 bits per heavy atom. The van der Waals surface area contributed by atoms with Gasteiger partial charge in [0.2, 0.25) is 5.89 Å². The second-order valence-electron chi connectivity index (χ2n) is 7.01. The van der Waals surface area contributed by atoms with Crippen molar-refractivity contribution in [3.05, 3.63) is 77.2 Å². The van der Waals surface area contributed by atoms with Gasteiger partial charge in [-0.25, -0.2) is 4.98 Å². The van der Waals surface area contributed by atoms with Gasteiger partial charge in [-0.05, 0) is 43.0 Å². The van der Waals surface area contributed by atoms with Crippen molar-refractivity contribution in [2.45, 2.75) is 31.7 Å². The summed E-state index contributed by atoms with van der Waals surface area (Å²) in [5.41, 5.74) is 0.985. The molecule has 1 saturated heterocycles. The van der Waals surface area contributed by atoms with Gasteiger partial charge in [0.25, 0.3) is 5.91 Å². The van der Waals surface area contributed by atoms with Crippen LogP contribution < -0.4 is 4.74 Å². The lowest BCUT2D eigenvalue weighted by molar-refractivity contribution is -0.137. The molecule has 3 aromatic rings. The molecule has 0 aliphatic carbocycles. The molecule has 1 amide bonds. The van der Waals surface area contributed by atoms with Crippen molar-refractivity contribution in [3.63, 3.8) is 0 Å². The van der Waals surface area contributed by atoms with Gasteiger partial charge in [-0.1, -0.05) is 29.8 Å². The molecule has 1 fully saturated rings. The molecule has 1 aliphatic rings. The summed E-state index contributed by atoms with van der Waals surface area (Å²) in [7, 11) is 0. The van der Waals surface area contributed by atoms with Crippen molar-refractivity contribution in [2.75, 3.05) is 13.2 Å². The summed E-state index contributed by atoms with van der Waals surface area (Å²) in [5, 5.41) is 0.701. The zero-order valence-electron chi connectivity index (χ0n) is 16.0. The van der Waals surface area contributed by atoms with E-state index in [-0.39, 0.29) is 18.6 Å². The normalized spacial score (nSPS) is 16.6. The number of carbonyl (C=O) groups is 1. The van der Waals surface area contributed by atoms with Crippen LogP contribution in [0.4, 0.5) is 0 Å². The van der Waals surface area contributed by atoms with Crippen LogP contribution in [0.1, 0.15) is 42.5 Å². The average Bonchev–Trinajstić information content (AvgIpc) is 3.23. The van der Waals surface area contributed by atoms with Crippen molar-refractivity contribution in [3.8, 4) is 5.75 Å². The largest absolute Gasteiger partial charge is 0.482 e. The van der Waals surface area contributed by atoms with Gasteiger partial charge in [-0.15, -0.1) is 0 Å². The molecule has 0 radical (unpaired) electrons. The fourth-order valence-corrected chi connectivity index (χ4v) is 3.74. The molecule has 6 nitrogen and oxygen atoms in total.